The van der Waals surface area contributed by atoms with Gasteiger partial charge in [-0.15, -0.1) is 13.2 Å². The van der Waals surface area contributed by atoms with E-state index in [4.69, 9.17) is 0 Å². The SMILES string of the molecule is C=C(C)C.C=C(C)CCCC/C=C/CC.CC. The lowest BCUT2D eigenvalue weighted by Gasteiger charge is -1.96. The lowest BCUT2D eigenvalue weighted by molar-refractivity contribution is 0.742. The standard InChI is InChI=1S/C11H20.C4H8.C2H6/c1-4-5-6-7-8-9-10-11(2)3;1-4(2)3;1-2/h5-6H,2,4,7-10H2,1,3H3;1H2,2-3H3;1-2H3/b6-5+;;. The summed E-state index contributed by atoms with van der Waals surface area (Å²) < 4.78 is 0. The largest absolute Gasteiger partial charge is 0.100 e. The van der Waals surface area contributed by atoms with Crippen LogP contribution in [0.3, 0.4) is 0 Å². The molecule has 0 aromatic rings. The minimum Gasteiger partial charge on any atom is -0.100 e. The molecule has 0 fully saturated rings. The van der Waals surface area contributed by atoms with Crippen molar-refractivity contribution >= 4 is 0 Å². The summed E-state index contributed by atoms with van der Waals surface area (Å²) in [4.78, 5) is 0. The molecular weight excluding hydrogens is 204 g/mol. The Balaban J connectivity index is -0.000000275. The second-order valence-electron chi connectivity index (χ2n) is 4.29. The third kappa shape index (κ3) is 51.0. The van der Waals surface area contributed by atoms with Gasteiger partial charge in [-0.25, -0.2) is 0 Å². The van der Waals surface area contributed by atoms with Gasteiger partial charge in [-0.05, 0) is 52.9 Å². The highest BCUT2D eigenvalue weighted by molar-refractivity contribution is 4.88. The van der Waals surface area contributed by atoms with E-state index in [1.165, 1.54) is 43.3 Å². The van der Waals surface area contributed by atoms with Crippen LogP contribution in [0.25, 0.3) is 0 Å². The van der Waals surface area contributed by atoms with Crippen LogP contribution < -0.4 is 0 Å². The van der Waals surface area contributed by atoms with Crippen molar-refractivity contribution in [1.82, 2.24) is 0 Å². The molecule has 0 bridgehead atoms. The van der Waals surface area contributed by atoms with Gasteiger partial charge in [0, 0.05) is 0 Å². The van der Waals surface area contributed by atoms with Gasteiger partial charge in [0.1, 0.15) is 0 Å². The molecule has 17 heavy (non-hydrogen) atoms. The van der Waals surface area contributed by atoms with Crippen molar-refractivity contribution < 1.29 is 0 Å². The normalized spacial score (nSPS) is 8.82. The molecule has 0 aromatic heterocycles. The van der Waals surface area contributed by atoms with Crippen LogP contribution in [0, 0.1) is 0 Å². The molecule has 0 N–H and O–H groups in total. The molecular formula is C17H34. The van der Waals surface area contributed by atoms with E-state index in [2.05, 4.69) is 39.2 Å². The van der Waals surface area contributed by atoms with Crippen LogP contribution in [-0.2, 0) is 0 Å². The molecule has 0 heterocycles. The topological polar surface area (TPSA) is 0 Å². The van der Waals surface area contributed by atoms with Crippen LogP contribution >= 0.6 is 0 Å². The van der Waals surface area contributed by atoms with E-state index in [0.717, 1.165) is 0 Å². The molecule has 0 nitrogen and oxygen atoms in total. The van der Waals surface area contributed by atoms with E-state index in [1.807, 2.05) is 27.7 Å². The van der Waals surface area contributed by atoms with Crippen LogP contribution in [0.15, 0.2) is 36.5 Å². The van der Waals surface area contributed by atoms with Gasteiger partial charge in [0.05, 0.1) is 0 Å². The van der Waals surface area contributed by atoms with Gasteiger partial charge in [-0.3, -0.25) is 0 Å². The number of allylic oxidation sites excluding steroid dienone is 4. The highest BCUT2D eigenvalue weighted by Crippen LogP contribution is 2.06. The fourth-order valence-corrected chi connectivity index (χ4v) is 0.973. The van der Waals surface area contributed by atoms with Crippen molar-refractivity contribution in [3.63, 3.8) is 0 Å². The maximum atomic E-state index is 3.87. The van der Waals surface area contributed by atoms with E-state index >= 15 is 0 Å². The summed E-state index contributed by atoms with van der Waals surface area (Å²) in [5.74, 6) is 0. The highest BCUT2D eigenvalue weighted by Gasteiger charge is 1.86. The first-order chi connectivity index (χ1) is 8.00. The summed E-state index contributed by atoms with van der Waals surface area (Å²) in [5, 5.41) is 0. The molecule has 0 aliphatic rings. The molecule has 0 amide bonds. The fraction of sp³-hybridized carbons (Fsp3) is 0.647. The van der Waals surface area contributed by atoms with Gasteiger partial charge < -0.3 is 0 Å². The maximum Gasteiger partial charge on any atom is -0.0326 e. The lowest BCUT2D eigenvalue weighted by Crippen LogP contribution is -1.76. The van der Waals surface area contributed by atoms with Crippen molar-refractivity contribution in [3.8, 4) is 0 Å². The van der Waals surface area contributed by atoms with Crippen LogP contribution in [-0.4, -0.2) is 0 Å². The minimum absolute atomic E-state index is 1.17. The summed E-state index contributed by atoms with van der Waals surface area (Å²) in [5.41, 5.74) is 2.48. The first kappa shape index (κ1) is 21.5. The summed E-state index contributed by atoms with van der Waals surface area (Å²) >= 11 is 0. The smallest absolute Gasteiger partial charge is 0.0326 e. The van der Waals surface area contributed by atoms with Crippen LogP contribution in [0.1, 0.15) is 73.6 Å². The molecule has 0 rings (SSSR count). The zero-order valence-electron chi connectivity index (χ0n) is 13.1. The van der Waals surface area contributed by atoms with Crippen molar-refractivity contribution in [2.45, 2.75) is 73.6 Å². The molecule has 0 spiro atoms. The number of hydrogen-bond donors (Lipinski definition) is 0. The van der Waals surface area contributed by atoms with Gasteiger partial charge in [0.2, 0.25) is 0 Å². The second kappa shape index (κ2) is 20.6. The zero-order chi connectivity index (χ0) is 14.1. The van der Waals surface area contributed by atoms with E-state index in [-0.39, 0.29) is 0 Å². The molecule has 0 aliphatic heterocycles. The summed E-state index contributed by atoms with van der Waals surface area (Å²) in [7, 11) is 0. The Labute approximate surface area is 111 Å². The minimum atomic E-state index is 1.17. The fourth-order valence-electron chi connectivity index (χ4n) is 0.973. The maximum absolute atomic E-state index is 3.87. The number of hydrogen-bond acceptors (Lipinski definition) is 0. The quantitative estimate of drug-likeness (QED) is 0.357. The lowest BCUT2D eigenvalue weighted by atomic mass is 10.1. The zero-order valence-corrected chi connectivity index (χ0v) is 13.1. The molecule has 0 radical (unpaired) electrons. The first-order valence-electron chi connectivity index (χ1n) is 6.92. The predicted octanol–water partition coefficient (Wildman–Crippen LogP) is 6.70. The Hall–Kier alpha value is -0.780. The van der Waals surface area contributed by atoms with E-state index < -0.39 is 0 Å². The molecule has 0 aliphatic carbocycles. The Morgan fingerprint density at radius 2 is 1.41 bits per heavy atom. The molecule has 0 aromatic carbocycles. The molecule has 0 saturated carbocycles. The number of unbranched alkanes of at least 4 members (excludes halogenated alkanes) is 2. The Kier molecular flexibility index (Phi) is 26.1. The Bertz CT molecular complexity index is 180. The van der Waals surface area contributed by atoms with Crippen molar-refractivity contribution in [2.24, 2.45) is 0 Å². The first-order valence-corrected chi connectivity index (χ1v) is 6.92. The highest BCUT2D eigenvalue weighted by atomic mass is 13.9. The van der Waals surface area contributed by atoms with Crippen molar-refractivity contribution in [2.75, 3.05) is 0 Å². The summed E-state index contributed by atoms with van der Waals surface area (Å²) in [6.45, 7) is 19.6. The average molecular weight is 238 g/mol. The van der Waals surface area contributed by atoms with E-state index in [0.29, 0.717) is 0 Å². The molecule has 0 unspecified atom stereocenters. The molecule has 0 heteroatoms. The Morgan fingerprint density at radius 1 is 0.941 bits per heavy atom. The van der Waals surface area contributed by atoms with Crippen LogP contribution in [0.4, 0.5) is 0 Å². The predicted molar refractivity (Wildman–Crippen MR) is 84.5 cm³/mol. The van der Waals surface area contributed by atoms with E-state index in [9.17, 15) is 0 Å². The summed E-state index contributed by atoms with van der Waals surface area (Å²) in [6, 6.07) is 0. The van der Waals surface area contributed by atoms with Gasteiger partial charge in [0.15, 0.2) is 0 Å². The second-order valence-corrected chi connectivity index (χ2v) is 4.29. The Morgan fingerprint density at radius 3 is 1.76 bits per heavy atom. The third-order valence-corrected chi connectivity index (χ3v) is 1.63. The molecule has 0 saturated heterocycles. The van der Waals surface area contributed by atoms with Crippen molar-refractivity contribution in [3.05, 3.63) is 36.5 Å². The van der Waals surface area contributed by atoms with Gasteiger partial charge >= 0.3 is 0 Å². The number of rotatable bonds is 6. The van der Waals surface area contributed by atoms with Gasteiger partial charge in [-0.1, -0.05) is 44.1 Å². The van der Waals surface area contributed by atoms with Crippen molar-refractivity contribution in [1.29, 1.82) is 0 Å². The average Bonchev–Trinajstić information content (AvgIpc) is 2.25. The monoisotopic (exact) mass is 238 g/mol. The van der Waals surface area contributed by atoms with Crippen LogP contribution in [0.2, 0.25) is 0 Å². The van der Waals surface area contributed by atoms with Gasteiger partial charge in [0.25, 0.3) is 0 Å². The molecule has 102 valence electrons. The van der Waals surface area contributed by atoms with Crippen LogP contribution in [0.5, 0.6) is 0 Å². The third-order valence-electron chi connectivity index (χ3n) is 1.63. The summed E-state index contributed by atoms with van der Waals surface area (Å²) in [6.07, 6.45) is 10.7. The molecule has 0 atom stereocenters. The van der Waals surface area contributed by atoms with Gasteiger partial charge in [-0.2, -0.15) is 0 Å². The van der Waals surface area contributed by atoms with E-state index in [1.54, 1.807) is 0 Å².